The molecule has 3 N–H and O–H groups in total. The van der Waals surface area contributed by atoms with Gasteiger partial charge in [-0.15, -0.1) is 0 Å². The van der Waals surface area contributed by atoms with Gasteiger partial charge in [0.15, 0.2) is 5.65 Å². The van der Waals surface area contributed by atoms with E-state index in [0.717, 1.165) is 36.7 Å². The van der Waals surface area contributed by atoms with Gasteiger partial charge >= 0.3 is 0 Å². The van der Waals surface area contributed by atoms with E-state index in [0.29, 0.717) is 23.6 Å². The van der Waals surface area contributed by atoms with Crippen molar-refractivity contribution in [2.45, 2.75) is 26.2 Å². The van der Waals surface area contributed by atoms with E-state index >= 15 is 0 Å². The highest BCUT2D eigenvalue weighted by atomic mass is 16.5. The number of benzene rings is 1. The van der Waals surface area contributed by atoms with E-state index in [1.54, 1.807) is 17.6 Å². The largest absolute Gasteiger partial charge is 0.491 e. The van der Waals surface area contributed by atoms with Gasteiger partial charge in [0.05, 0.1) is 18.5 Å². The standard InChI is InChI=1S/C19H22N6O2/c1-3-17(26)23-14-11-21-25-16(20-2)10-15(24-19(14)25)22-13-8-4-6-12-7-5-9-27-18(12)13/h4,6,8,10-11,20H,3,5,7,9H2,1-2H3,(H,22,24)(H,23,26). The summed E-state index contributed by atoms with van der Waals surface area (Å²) in [7, 11) is 1.82. The van der Waals surface area contributed by atoms with E-state index in [-0.39, 0.29) is 5.91 Å². The van der Waals surface area contributed by atoms with Crippen molar-refractivity contribution in [2.24, 2.45) is 0 Å². The van der Waals surface area contributed by atoms with Crippen LogP contribution in [0, 0.1) is 0 Å². The smallest absolute Gasteiger partial charge is 0.224 e. The van der Waals surface area contributed by atoms with E-state index < -0.39 is 0 Å². The second-order valence-corrected chi connectivity index (χ2v) is 6.34. The summed E-state index contributed by atoms with van der Waals surface area (Å²) in [6.07, 6.45) is 4.03. The van der Waals surface area contributed by atoms with E-state index in [2.05, 4.69) is 32.1 Å². The molecular formula is C19H22N6O2. The van der Waals surface area contributed by atoms with Crippen molar-refractivity contribution < 1.29 is 9.53 Å². The number of para-hydroxylation sites is 1. The summed E-state index contributed by atoms with van der Waals surface area (Å²) in [5.41, 5.74) is 3.22. The average Bonchev–Trinajstić information content (AvgIpc) is 3.10. The first-order valence-electron chi connectivity index (χ1n) is 9.07. The molecule has 0 bridgehead atoms. The van der Waals surface area contributed by atoms with Crippen LogP contribution >= 0.6 is 0 Å². The van der Waals surface area contributed by atoms with E-state index in [9.17, 15) is 4.79 Å². The van der Waals surface area contributed by atoms with Gasteiger partial charge in [0.25, 0.3) is 0 Å². The van der Waals surface area contributed by atoms with Crippen LogP contribution in [0.5, 0.6) is 5.75 Å². The predicted molar refractivity (Wildman–Crippen MR) is 105 cm³/mol. The van der Waals surface area contributed by atoms with Crippen LogP contribution < -0.4 is 20.7 Å². The number of ether oxygens (including phenoxy) is 1. The van der Waals surface area contributed by atoms with Crippen LogP contribution in [0.3, 0.4) is 0 Å². The molecule has 0 saturated carbocycles. The number of nitrogens with one attached hydrogen (secondary N) is 3. The molecule has 2 aromatic heterocycles. The number of carbonyl (C=O) groups excluding carboxylic acids is 1. The molecule has 0 radical (unpaired) electrons. The lowest BCUT2D eigenvalue weighted by molar-refractivity contribution is -0.115. The highest BCUT2D eigenvalue weighted by molar-refractivity contribution is 5.94. The van der Waals surface area contributed by atoms with Gasteiger partial charge in [-0.2, -0.15) is 9.61 Å². The van der Waals surface area contributed by atoms with Crippen LogP contribution in [-0.4, -0.2) is 34.2 Å². The van der Waals surface area contributed by atoms with Crippen LogP contribution in [0.25, 0.3) is 5.65 Å². The topological polar surface area (TPSA) is 92.6 Å². The Balaban J connectivity index is 1.74. The van der Waals surface area contributed by atoms with Crippen LogP contribution in [0.15, 0.2) is 30.5 Å². The number of rotatable bonds is 5. The summed E-state index contributed by atoms with van der Waals surface area (Å²) in [4.78, 5) is 16.4. The zero-order chi connectivity index (χ0) is 18.8. The molecule has 3 aromatic rings. The second-order valence-electron chi connectivity index (χ2n) is 6.34. The lowest BCUT2D eigenvalue weighted by Crippen LogP contribution is -2.11. The maximum Gasteiger partial charge on any atom is 0.224 e. The van der Waals surface area contributed by atoms with Gasteiger partial charge in [0, 0.05) is 19.5 Å². The summed E-state index contributed by atoms with van der Waals surface area (Å²) >= 11 is 0. The first-order valence-corrected chi connectivity index (χ1v) is 9.07. The van der Waals surface area contributed by atoms with E-state index in [1.165, 1.54) is 5.56 Å². The van der Waals surface area contributed by atoms with Gasteiger partial charge in [-0.1, -0.05) is 19.1 Å². The molecule has 0 fully saturated rings. The first kappa shape index (κ1) is 17.1. The third-order valence-corrected chi connectivity index (χ3v) is 4.52. The number of hydrogen-bond donors (Lipinski definition) is 3. The molecule has 0 unspecified atom stereocenters. The van der Waals surface area contributed by atoms with Gasteiger partial charge in [0.1, 0.15) is 23.1 Å². The Bertz CT molecular complexity index is 997. The van der Waals surface area contributed by atoms with Crippen molar-refractivity contribution >= 4 is 34.6 Å². The number of anilines is 4. The number of fused-ring (bicyclic) bond motifs is 2. The van der Waals surface area contributed by atoms with E-state index in [1.807, 2.05) is 25.2 Å². The fourth-order valence-electron chi connectivity index (χ4n) is 3.16. The zero-order valence-corrected chi connectivity index (χ0v) is 15.4. The van der Waals surface area contributed by atoms with Gasteiger partial charge in [-0.3, -0.25) is 4.79 Å². The minimum Gasteiger partial charge on any atom is -0.491 e. The average molecular weight is 366 g/mol. The Morgan fingerprint density at radius 1 is 1.33 bits per heavy atom. The number of aryl methyl sites for hydroxylation is 1. The summed E-state index contributed by atoms with van der Waals surface area (Å²) in [5, 5.41) is 13.6. The molecule has 0 saturated heterocycles. The second kappa shape index (κ2) is 7.14. The van der Waals surface area contributed by atoms with Crippen molar-refractivity contribution in [2.75, 3.05) is 29.6 Å². The predicted octanol–water partition coefficient (Wildman–Crippen LogP) is 3.19. The summed E-state index contributed by atoms with van der Waals surface area (Å²) < 4.78 is 7.53. The van der Waals surface area contributed by atoms with Gasteiger partial charge < -0.3 is 20.7 Å². The van der Waals surface area contributed by atoms with Crippen molar-refractivity contribution in [1.82, 2.24) is 14.6 Å². The minimum atomic E-state index is -0.0819. The number of nitrogens with zero attached hydrogens (tertiary/aromatic N) is 3. The quantitative estimate of drug-likeness (QED) is 0.642. The molecule has 4 rings (SSSR count). The Hall–Kier alpha value is -3.29. The molecule has 1 aliphatic heterocycles. The molecule has 27 heavy (non-hydrogen) atoms. The normalized spacial score (nSPS) is 13.0. The molecule has 0 spiro atoms. The fraction of sp³-hybridized carbons (Fsp3) is 0.316. The monoisotopic (exact) mass is 366 g/mol. The molecule has 1 aromatic carbocycles. The van der Waals surface area contributed by atoms with Crippen LogP contribution in [-0.2, 0) is 11.2 Å². The van der Waals surface area contributed by atoms with Crippen molar-refractivity contribution in [3.63, 3.8) is 0 Å². The zero-order valence-electron chi connectivity index (χ0n) is 15.4. The van der Waals surface area contributed by atoms with Crippen LogP contribution in [0.2, 0.25) is 0 Å². The van der Waals surface area contributed by atoms with Gasteiger partial charge in [0.2, 0.25) is 5.91 Å². The summed E-state index contributed by atoms with van der Waals surface area (Å²) in [5.74, 6) is 2.19. The molecule has 0 aliphatic carbocycles. The molecular weight excluding hydrogens is 344 g/mol. The maximum absolute atomic E-state index is 11.8. The Kier molecular flexibility index (Phi) is 4.53. The Morgan fingerprint density at radius 2 is 2.22 bits per heavy atom. The highest BCUT2D eigenvalue weighted by Crippen LogP contribution is 2.35. The van der Waals surface area contributed by atoms with Crippen molar-refractivity contribution in [1.29, 1.82) is 0 Å². The number of hydrogen-bond acceptors (Lipinski definition) is 6. The van der Waals surface area contributed by atoms with Crippen molar-refractivity contribution in [3.8, 4) is 5.75 Å². The molecule has 8 nitrogen and oxygen atoms in total. The third kappa shape index (κ3) is 3.25. The maximum atomic E-state index is 11.8. The Labute approximate surface area is 156 Å². The van der Waals surface area contributed by atoms with Crippen molar-refractivity contribution in [3.05, 3.63) is 36.0 Å². The summed E-state index contributed by atoms with van der Waals surface area (Å²) in [6.45, 7) is 2.52. The minimum absolute atomic E-state index is 0.0819. The Morgan fingerprint density at radius 3 is 3.04 bits per heavy atom. The lowest BCUT2D eigenvalue weighted by atomic mass is 10.1. The summed E-state index contributed by atoms with van der Waals surface area (Å²) in [6, 6.07) is 7.95. The number of aromatic nitrogens is 3. The van der Waals surface area contributed by atoms with Gasteiger partial charge in [-0.05, 0) is 24.5 Å². The van der Waals surface area contributed by atoms with Crippen LogP contribution in [0.4, 0.5) is 23.0 Å². The molecule has 140 valence electrons. The number of carbonyl (C=O) groups is 1. The fourth-order valence-corrected chi connectivity index (χ4v) is 3.16. The SMILES string of the molecule is CCC(=O)Nc1cnn2c(NC)cc(Nc3cccc4c3OCCC4)nc12. The lowest BCUT2D eigenvalue weighted by Gasteiger charge is -2.21. The number of amides is 1. The van der Waals surface area contributed by atoms with Crippen LogP contribution in [0.1, 0.15) is 25.3 Å². The molecule has 8 heteroatoms. The third-order valence-electron chi connectivity index (χ3n) is 4.52. The molecule has 3 heterocycles. The van der Waals surface area contributed by atoms with Gasteiger partial charge in [-0.25, -0.2) is 4.98 Å². The van der Waals surface area contributed by atoms with E-state index in [4.69, 9.17) is 4.74 Å². The molecule has 1 aliphatic rings. The first-order chi connectivity index (χ1) is 13.2. The molecule has 0 atom stereocenters. The highest BCUT2D eigenvalue weighted by Gasteiger charge is 2.17. The molecule has 1 amide bonds.